The van der Waals surface area contributed by atoms with Gasteiger partial charge < -0.3 is 14.6 Å². The lowest BCUT2D eigenvalue weighted by Gasteiger charge is -2.20. The first-order valence-electron chi connectivity index (χ1n) is 6.61. The number of nitrogens with zero attached hydrogens (tertiary/aromatic N) is 3. The van der Waals surface area contributed by atoms with E-state index in [9.17, 15) is 0 Å². The first-order chi connectivity index (χ1) is 9.24. The van der Waals surface area contributed by atoms with Crippen molar-refractivity contribution in [1.29, 1.82) is 0 Å². The molecule has 2 aromatic rings. The van der Waals surface area contributed by atoms with Crippen LogP contribution in [0.25, 0.3) is 5.65 Å². The summed E-state index contributed by atoms with van der Waals surface area (Å²) >= 11 is 0. The molecule has 19 heavy (non-hydrogen) atoms. The molecule has 0 saturated carbocycles. The highest BCUT2D eigenvalue weighted by Gasteiger charge is 2.09. The van der Waals surface area contributed by atoms with E-state index in [1.807, 2.05) is 18.3 Å². The molecule has 0 aliphatic rings. The zero-order valence-electron chi connectivity index (χ0n) is 11.3. The van der Waals surface area contributed by atoms with E-state index in [4.69, 9.17) is 10.2 Å². The minimum atomic E-state index is 0.126. The van der Waals surface area contributed by atoms with Gasteiger partial charge in [-0.05, 0) is 25.0 Å². The maximum absolute atomic E-state index is 9.10. The Kier molecular flexibility index (Phi) is 4.90. The van der Waals surface area contributed by atoms with Gasteiger partial charge in [0.15, 0.2) is 0 Å². The number of pyridine rings is 1. The van der Waals surface area contributed by atoms with Crippen molar-refractivity contribution in [2.75, 3.05) is 26.3 Å². The van der Waals surface area contributed by atoms with Crippen molar-refractivity contribution in [3.05, 3.63) is 35.8 Å². The number of fused-ring (bicyclic) bond motifs is 1. The maximum atomic E-state index is 9.10. The van der Waals surface area contributed by atoms with Gasteiger partial charge in [0.25, 0.3) is 0 Å². The predicted molar refractivity (Wildman–Crippen MR) is 74.0 cm³/mol. The fourth-order valence-electron chi connectivity index (χ4n) is 2.19. The van der Waals surface area contributed by atoms with E-state index >= 15 is 0 Å². The normalized spacial score (nSPS) is 11.6. The number of aliphatic hydroxyl groups is 2. The molecule has 2 heterocycles. The molecule has 0 atom stereocenters. The van der Waals surface area contributed by atoms with Gasteiger partial charge in [0.1, 0.15) is 5.65 Å². The molecule has 0 fully saturated rings. The molecule has 5 heteroatoms. The van der Waals surface area contributed by atoms with E-state index in [1.165, 1.54) is 5.56 Å². The first kappa shape index (κ1) is 14.0. The fourth-order valence-corrected chi connectivity index (χ4v) is 2.19. The van der Waals surface area contributed by atoms with Crippen molar-refractivity contribution in [1.82, 2.24) is 14.3 Å². The van der Waals surface area contributed by atoms with E-state index in [-0.39, 0.29) is 13.2 Å². The zero-order chi connectivity index (χ0) is 13.7. The summed E-state index contributed by atoms with van der Waals surface area (Å²) in [5.41, 5.74) is 3.23. The molecule has 0 aliphatic carbocycles. The first-order valence-corrected chi connectivity index (χ1v) is 6.61. The quantitative estimate of drug-likeness (QED) is 0.776. The summed E-state index contributed by atoms with van der Waals surface area (Å²) in [6.07, 6.45) is 4.66. The molecule has 0 saturated heterocycles. The second-order valence-corrected chi connectivity index (χ2v) is 4.76. The van der Waals surface area contributed by atoms with Crippen LogP contribution in [0.5, 0.6) is 0 Å². The Morgan fingerprint density at radius 3 is 2.79 bits per heavy atom. The summed E-state index contributed by atoms with van der Waals surface area (Å²) in [4.78, 5) is 6.50. The predicted octanol–water partition coefficient (Wildman–Crippen LogP) is 0.819. The Balaban J connectivity index is 2.15. The summed E-state index contributed by atoms with van der Waals surface area (Å²) in [5, 5.41) is 18.0. The summed E-state index contributed by atoms with van der Waals surface area (Å²) in [7, 11) is 0. The van der Waals surface area contributed by atoms with Gasteiger partial charge >= 0.3 is 0 Å². The van der Waals surface area contributed by atoms with Crippen LogP contribution >= 0.6 is 0 Å². The van der Waals surface area contributed by atoms with Crippen molar-refractivity contribution in [2.24, 2.45) is 0 Å². The zero-order valence-corrected chi connectivity index (χ0v) is 11.3. The van der Waals surface area contributed by atoms with Crippen molar-refractivity contribution in [3.8, 4) is 0 Å². The van der Waals surface area contributed by atoms with Crippen LogP contribution in [-0.4, -0.2) is 50.8 Å². The topological polar surface area (TPSA) is 61.0 Å². The molecule has 2 aromatic heterocycles. The lowest BCUT2D eigenvalue weighted by atomic mass is 10.3. The van der Waals surface area contributed by atoms with E-state index in [2.05, 4.69) is 27.4 Å². The van der Waals surface area contributed by atoms with Crippen LogP contribution < -0.4 is 0 Å². The number of aromatic nitrogens is 2. The summed E-state index contributed by atoms with van der Waals surface area (Å²) < 4.78 is 2.08. The lowest BCUT2D eigenvalue weighted by Crippen LogP contribution is -2.28. The van der Waals surface area contributed by atoms with Crippen LogP contribution in [0.4, 0.5) is 0 Å². The lowest BCUT2D eigenvalue weighted by molar-refractivity contribution is 0.172. The average molecular weight is 263 g/mol. The summed E-state index contributed by atoms with van der Waals surface area (Å²) in [6.45, 7) is 4.47. The third kappa shape index (κ3) is 3.53. The fraction of sp³-hybridized carbons (Fsp3) is 0.500. The van der Waals surface area contributed by atoms with Gasteiger partial charge in [0.05, 0.1) is 18.5 Å². The van der Waals surface area contributed by atoms with Crippen molar-refractivity contribution in [2.45, 2.75) is 19.9 Å². The largest absolute Gasteiger partial charge is 0.396 e. The highest BCUT2D eigenvalue weighted by Crippen LogP contribution is 2.11. The second-order valence-electron chi connectivity index (χ2n) is 4.76. The molecular formula is C14H21N3O2. The number of rotatable bonds is 7. The highest BCUT2D eigenvalue weighted by molar-refractivity contribution is 5.41. The van der Waals surface area contributed by atoms with Crippen LogP contribution in [0.2, 0.25) is 0 Å². The SMILES string of the molecule is Cc1ccc2ncc(CN(CCO)CCCO)n2c1. The molecule has 2 N–H and O–H groups in total. The Hall–Kier alpha value is -1.43. The molecule has 0 amide bonds. The van der Waals surface area contributed by atoms with Gasteiger partial charge in [-0.3, -0.25) is 4.90 Å². The van der Waals surface area contributed by atoms with E-state index in [0.29, 0.717) is 6.54 Å². The van der Waals surface area contributed by atoms with E-state index in [1.54, 1.807) is 0 Å². The molecule has 2 rings (SSSR count). The Morgan fingerprint density at radius 1 is 1.21 bits per heavy atom. The molecule has 104 valence electrons. The van der Waals surface area contributed by atoms with Crippen LogP contribution in [0.15, 0.2) is 24.5 Å². The summed E-state index contributed by atoms with van der Waals surface area (Å²) in [6, 6.07) is 4.05. The molecule has 0 unspecified atom stereocenters. The van der Waals surface area contributed by atoms with Crippen LogP contribution in [0.3, 0.4) is 0 Å². The third-order valence-electron chi connectivity index (χ3n) is 3.16. The van der Waals surface area contributed by atoms with Gasteiger partial charge in [-0.2, -0.15) is 0 Å². The smallest absolute Gasteiger partial charge is 0.136 e. The Labute approximate surface area is 113 Å². The number of aliphatic hydroxyl groups excluding tert-OH is 2. The minimum absolute atomic E-state index is 0.126. The molecule has 0 aromatic carbocycles. The third-order valence-corrected chi connectivity index (χ3v) is 3.16. The van der Waals surface area contributed by atoms with Gasteiger partial charge in [0.2, 0.25) is 0 Å². The van der Waals surface area contributed by atoms with E-state index in [0.717, 1.165) is 30.9 Å². The van der Waals surface area contributed by atoms with Gasteiger partial charge in [-0.25, -0.2) is 4.98 Å². The number of hydrogen-bond donors (Lipinski definition) is 2. The van der Waals surface area contributed by atoms with Gasteiger partial charge in [-0.1, -0.05) is 6.07 Å². The van der Waals surface area contributed by atoms with Crippen molar-refractivity contribution < 1.29 is 10.2 Å². The average Bonchev–Trinajstić information content (AvgIpc) is 2.79. The van der Waals surface area contributed by atoms with Crippen LogP contribution in [0, 0.1) is 6.92 Å². The molecule has 0 bridgehead atoms. The monoisotopic (exact) mass is 263 g/mol. The standard InChI is InChI=1S/C14H21N3O2/c1-12-3-4-14-15-9-13(17(14)10-12)11-16(6-8-19)5-2-7-18/h3-4,9-10,18-19H,2,5-8,11H2,1H3. The molecule has 0 spiro atoms. The van der Waals surface area contributed by atoms with E-state index < -0.39 is 0 Å². The Bertz CT molecular complexity index is 524. The number of hydrogen-bond acceptors (Lipinski definition) is 4. The van der Waals surface area contributed by atoms with Gasteiger partial charge in [-0.15, -0.1) is 0 Å². The maximum Gasteiger partial charge on any atom is 0.136 e. The molecule has 0 aliphatic heterocycles. The van der Waals surface area contributed by atoms with Gasteiger partial charge in [0, 0.05) is 32.4 Å². The van der Waals surface area contributed by atoms with Crippen LogP contribution in [-0.2, 0) is 6.54 Å². The minimum Gasteiger partial charge on any atom is -0.396 e. The van der Waals surface area contributed by atoms with Crippen molar-refractivity contribution >= 4 is 5.65 Å². The Morgan fingerprint density at radius 2 is 2.05 bits per heavy atom. The second kappa shape index (κ2) is 6.65. The molecule has 5 nitrogen and oxygen atoms in total. The highest BCUT2D eigenvalue weighted by atomic mass is 16.3. The molecule has 0 radical (unpaired) electrons. The molecular weight excluding hydrogens is 242 g/mol. The number of imidazole rings is 1. The number of aryl methyl sites for hydroxylation is 1. The van der Waals surface area contributed by atoms with Crippen molar-refractivity contribution in [3.63, 3.8) is 0 Å². The summed E-state index contributed by atoms with van der Waals surface area (Å²) in [5.74, 6) is 0. The van der Waals surface area contributed by atoms with Crippen LogP contribution in [0.1, 0.15) is 17.7 Å².